The summed E-state index contributed by atoms with van der Waals surface area (Å²) in [6.07, 6.45) is 3.18. The van der Waals surface area contributed by atoms with Gasteiger partial charge < -0.3 is 29.0 Å². The van der Waals surface area contributed by atoms with E-state index in [9.17, 15) is 5.11 Å². The van der Waals surface area contributed by atoms with E-state index in [2.05, 4.69) is 19.9 Å². The van der Waals surface area contributed by atoms with E-state index in [1.165, 1.54) is 6.33 Å². The summed E-state index contributed by atoms with van der Waals surface area (Å²) < 4.78 is 26.1. The van der Waals surface area contributed by atoms with E-state index < -0.39 is 24.0 Å². The molecule has 11 heteroatoms. The summed E-state index contributed by atoms with van der Waals surface area (Å²) in [5, 5.41) is 11.2. The Balaban J connectivity index is 1.33. The minimum atomic E-state index is -1.03. The lowest BCUT2D eigenvalue weighted by molar-refractivity contribution is -0.0931. The van der Waals surface area contributed by atoms with Crippen molar-refractivity contribution in [2.24, 2.45) is 4.99 Å². The maximum Gasteiger partial charge on any atom is 0.184 e. The van der Waals surface area contributed by atoms with Crippen molar-refractivity contribution in [3.8, 4) is 11.5 Å². The molecule has 0 aliphatic carbocycles. The molecule has 232 valence electrons. The second-order valence-electron chi connectivity index (χ2n) is 11.0. The van der Waals surface area contributed by atoms with Crippen molar-refractivity contribution in [1.29, 1.82) is 0 Å². The normalized spacial score (nSPS) is 18.5. The molecule has 1 aliphatic rings. The van der Waals surface area contributed by atoms with Gasteiger partial charge in [0.15, 0.2) is 17.0 Å². The first kappa shape index (κ1) is 30.2. The first-order chi connectivity index (χ1) is 21.9. The van der Waals surface area contributed by atoms with E-state index in [1.54, 1.807) is 26.9 Å². The number of ether oxygens (including phenoxy) is 4. The number of fused-ring (bicyclic) bond motifs is 1. The minimum absolute atomic E-state index is 0.102. The summed E-state index contributed by atoms with van der Waals surface area (Å²) in [5.74, 6) is 1.93. The zero-order chi connectivity index (χ0) is 31.4. The molecule has 0 radical (unpaired) electrons. The molecule has 3 aromatic carbocycles. The Bertz CT molecular complexity index is 1690. The highest BCUT2D eigenvalue weighted by Crippen LogP contribution is 2.43. The zero-order valence-electron chi connectivity index (χ0n) is 25.6. The largest absolute Gasteiger partial charge is 0.497 e. The fourth-order valence-corrected chi connectivity index (χ4v) is 5.63. The van der Waals surface area contributed by atoms with Crippen LogP contribution < -0.4 is 9.47 Å². The highest BCUT2D eigenvalue weighted by molar-refractivity contribution is 5.82. The average Bonchev–Trinajstić information content (AvgIpc) is 3.68. The lowest BCUT2D eigenvalue weighted by atomic mass is 9.80. The molecule has 0 amide bonds. The molecule has 45 heavy (non-hydrogen) atoms. The smallest absolute Gasteiger partial charge is 0.184 e. The third kappa shape index (κ3) is 5.97. The molecule has 1 aliphatic heterocycles. The van der Waals surface area contributed by atoms with Gasteiger partial charge in [-0.3, -0.25) is 4.57 Å². The topological polar surface area (TPSA) is 116 Å². The Morgan fingerprint density at radius 1 is 0.911 bits per heavy atom. The van der Waals surface area contributed by atoms with Gasteiger partial charge in [0.25, 0.3) is 0 Å². The van der Waals surface area contributed by atoms with Crippen molar-refractivity contribution in [3.63, 3.8) is 0 Å². The Kier molecular flexibility index (Phi) is 8.74. The number of aliphatic imine (C=N–C) groups is 1. The van der Waals surface area contributed by atoms with E-state index in [0.29, 0.717) is 23.4 Å². The molecule has 0 unspecified atom stereocenters. The van der Waals surface area contributed by atoms with Crippen molar-refractivity contribution in [1.82, 2.24) is 24.4 Å². The third-order valence-corrected chi connectivity index (χ3v) is 7.90. The predicted molar refractivity (Wildman–Crippen MR) is 170 cm³/mol. The van der Waals surface area contributed by atoms with Gasteiger partial charge in [-0.25, -0.2) is 19.9 Å². The lowest BCUT2D eigenvalue weighted by Crippen LogP contribution is -2.38. The van der Waals surface area contributed by atoms with Crippen LogP contribution in [0.5, 0.6) is 11.5 Å². The summed E-state index contributed by atoms with van der Waals surface area (Å²) in [5.41, 5.74) is 2.81. The van der Waals surface area contributed by atoms with Crippen LogP contribution in [0.2, 0.25) is 0 Å². The van der Waals surface area contributed by atoms with Crippen LogP contribution in [-0.4, -0.2) is 83.0 Å². The number of hydrogen-bond acceptors (Lipinski definition) is 9. The number of methoxy groups -OCH3 is 2. The first-order valence-electron chi connectivity index (χ1n) is 14.6. The Labute approximate surface area is 261 Å². The van der Waals surface area contributed by atoms with E-state index in [0.717, 1.165) is 28.2 Å². The Morgan fingerprint density at radius 2 is 1.53 bits per heavy atom. The number of aromatic nitrogens is 4. The first-order valence-corrected chi connectivity index (χ1v) is 14.6. The molecule has 0 spiro atoms. The van der Waals surface area contributed by atoms with E-state index in [1.807, 2.05) is 102 Å². The maximum absolute atomic E-state index is 11.2. The molecule has 5 aromatic rings. The monoisotopic (exact) mass is 608 g/mol. The second-order valence-corrected chi connectivity index (χ2v) is 11.0. The van der Waals surface area contributed by atoms with Crippen LogP contribution in [0.1, 0.15) is 29.3 Å². The Morgan fingerprint density at radius 3 is 2.13 bits per heavy atom. The molecule has 6 rings (SSSR count). The molecule has 1 N–H and O–H groups in total. The molecule has 1 fully saturated rings. The molecule has 2 aromatic heterocycles. The Hall–Kier alpha value is -4.84. The predicted octanol–water partition coefficient (Wildman–Crippen LogP) is 4.72. The van der Waals surface area contributed by atoms with Gasteiger partial charge in [0.1, 0.15) is 35.8 Å². The SMILES string of the molecule is COc1ccc(C(OC[C@H]2O[C@@H](n3cnc4c(N=CN(C)C)ncnc43)C[C@H]2O)(c2ccccc2)c2ccc(OC)cc2)cc1. The number of imidazole rings is 1. The number of nitrogens with zero attached hydrogens (tertiary/aromatic N) is 6. The summed E-state index contributed by atoms with van der Waals surface area (Å²) in [4.78, 5) is 19.5. The number of aliphatic hydroxyl groups excluding tert-OH is 1. The van der Waals surface area contributed by atoms with Crippen molar-refractivity contribution in [2.75, 3.05) is 34.9 Å². The van der Waals surface area contributed by atoms with Crippen LogP contribution in [0.4, 0.5) is 5.82 Å². The van der Waals surface area contributed by atoms with Crippen molar-refractivity contribution < 1.29 is 24.1 Å². The molecule has 0 saturated carbocycles. The number of aliphatic hydroxyl groups is 1. The van der Waals surface area contributed by atoms with Crippen LogP contribution in [-0.2, 0) is 15.1 Å². The number of benzene rings is 3. The summed E-state index contributed by atoms with van der Waals surface area (Å²) in [6.45, 7) is 0.102. The van der Waals surface area contributed by atoms with Crippen molar-refractivity contribution >= 4 is 23.3 Å². The second kappa shape index (κ2) is 13.0. The molecular weight excluding hydrogens is 572 g/mol. The summed E-state index contributed by atoms with van der Waals surface area (Å²) in [6, 6.07) is 25.7. The number of hydrogen-bond donors (Lipinski definition) is 1. The summed E-state index contributed by atoms with van der Waals surface area (Å²) >= 11 is 0. The molecule has 0 bridgehead atoms. The third-order valence-electron chi connectivity index (χ3n) is 7.90. The zero-order valence-corrected chi connectivity index (χ0v) is 25.6. The van der Waals surface area contributed by atoms with Crippen molar-refractivity contribution in [3.05, 3.63) is 108 Å². The van der Waals surface area contributed by atoms with Crippen LogP contribution in [0.3, 0.4) is 0 Å². The number of rotatable bonds is 11. The van der Waals surface area contributed by atoms with E-state index in [4.69, 9.17) is 18.9 Å². The van der Waals surface area contributed by atoms with Crippen LogP contribution in [0.25, 0.3) is 11.2 Å². The maximum atomic E-state index is 11.2. The van der Waals surface area contributed by atoms with E-state index >= 15 is 0 Å². The highest BCUT2D eigenvalue weighted by Gasteiger charge is 2.42. The van der Waals surface area contributed by atoms with Gasteiger partial charge in [0.05, 0.1) is 39.6 Å². The molecule has 3 atom stereocenters. The van der Waals surface area contributed by atoms with Gasteiger partial charge in [0.2, 0.25) is 0 Å². The van der Waals surface area contributed by atoms with E-state index in [-0.39, 0.29) is 6.61 Å². The van der Waals surface area contributed by atoms with Gasteiger partial charge in [-0.15, -0.1) is 0 Å². The van der Waals surface area contributed by atoms with Gasteiger partial charge >= 0.3 is 0 Å². The quantitative estimate of drug-likeness (QED) is 0.129. The van der Waals surface area contributed by atoms with Gasteiger partial charge in [-0.1, -0.05) is 54.6 Å². The van der Waals surface area contributed by atoms with Gasteiger partial charge in [0, 0.05) is 20.5 Å². The minimum Gasteiger partial charge on any atom is -0.497 e. The van der Waals surface area contributed by atoms with Crippen molar-refractivity contribution in [2.45, 2.75) is 30.5 Å². The molecular formula is C34H36N6O5. The lowest BCUT2D eigenvalue weighted by Gasteiger charge is -2.37. The van der Waals surface area contributed by atoms with Gasteiger partial charge in [-0.2, -0.15) is 0 Å². The fraction of sp³-hybridized carbons (Fsp3) is 0.294. The molecule has 1 saturated heterocycles. The van der Waals surface area contributed by atoms with Crippen LogP contribution in [0, 0.1) is 0 Å². The highest BCUT2D eigenvalue weighted by atomic mass is 16.6. The summed E-state index contributed by atoms with van der Waals surface area (Å²) in [7, 11) is 7.04. The van der Waals surface area contributed by atoms with Crippen LogP contribution in [0.15, 0.2) is 96.5 Å². The standard InChI is InChI=1S/C34H36N6O5/c1-39(2)21-38-32-31-33(36-20-35-32)40(22-37-31)30-18-28(41)29(45-30)19-44-34(23-8-6-5-7-9-23,24-10-14-26(42-3)15-11-24)25-12-16-27(43-4)17-13-25/h5-17,20-22,28-30,41H,18-19H2,1-4H3/t28-,29-,30-/m1/s1. The molecule has 11 nitrogen and oxygen atoms in total. The van der Waals surface area contributed by atoms with Crippen LogP contribution >= 0.6 is 0 Å². The molecule has 3 heterocycles. The fourth-order valence-electron chi connectivity index (χ4n) is 5.63. The van der Waals surface area contributed by atoms with Gasteiger partial charge in [-0.05, 0) is 41.0 Å². The average molecular weight is 609 g/mol.